The largest absolute Gasteiger partial charge is 0.472 e. The topological polar surface area (TPSA) is 58.0 Å². The van der Waals surface area contributed by atoms with Gasteiger partial charge >= 0.3 is 0 Å². The van der Waals surface area contributed by atoms with Crippen LogP contribution in [0.1, 0.15) is 15.9 Å². The first-order valence-electron chi connectivity index (χ1n) is 5.70. The first kappa shape index (κ1) is 10.7. The summed E-state index contributed by atoms with van der Waals surface area (Å²) in [6.07, 6.45) is 4.94. The fourth-order valence-electron chi connectivity index (χ4n) is 1.93. The highest BCUT2D eigenvalue weighted by Crippen LogP contribution is 2.17. The van der Waals surface area contributed by atoms with E-state index < -0.39 is 0 Å². The average Bonchev–Trinajstić information content (AvgIpc) is 3.05. The van der Waals surface area contributed by atoms with E-state index in [0.29, 0.717) is 12.1 Å². The van der Waals surface area contributed by atoms with Crippen LogP contribution in [-0.2, 0) is 6.54 Å². The third-order valence-electron chi connectivity index (χ3n) is 2.87. The molecular weight excluding hydrogens is 228 g/mol. The van der Waals surface area contributed by atoms with E-state index in [9.17, 15) is 4.79 Å². The minimum atomic E-state index is -0.0892. The van der Waals surface area contributed by atoms with Crippen molar-refractivity contribution in [2.75, 3.05) is 0 Å². The second-order valence-corrected chi connectivity index (χ2v) is 4.06. The Kier molecular flexibility index (Phi) is 2.61. The Bertz CT molecular complexity index is 668. The Morgan fingerprint density at radius 2 is 2.17 bits per heavy atom. The van der Waals surface area contributed by atoms with Gasteiger partial charge in [0.2, 0.25) is 0 Å². The summed E-state index contributed by atoms with van der Waals surface area (Å²) in [6, 6.07) is 9.56. The Labute approximate surface area is 104 Å². The van der Waals surface area contributed by atoms with Crippen LogP contribution in [0.4, 0.5) is 0 Å². The molecule has 3 rings (SSSR count). The van der Waals surface area contributed by atoms with E-state index >= 15 is 0 Å². The molecule has 0 radical (unpaired) electrons. The first-order chi connectivity index (χ1) is 8.84. The predicted molar refractivity (Wildman–Crippen MR) is 68.2 cm³/mol. The van der Waals surface area contributed by atoms with Gasteiger partial charge in [-0.15, -0.1) is 0 Å². The lowest BCUT2D eigenvalue weighted by Gasteiger charge is -2.02. The molecule has 0 saturated carbocycles. The first-order valence-corrected chi connectivity index (χ1v) is 5.70. The number of rotatable bonds is 3. The van der Waals surface area contributed by atoms with E-state index in [-0.39, 0.29) is 5.91 Å². The van der Waals surface area contributed by atoms with Gasteiger partial charge in [-0.2, -0.15) is 0 Å². The van der Waals surface area contributed by atoms with Crippen LogP contribution in [0, 0.1) is 0 Å². The molecule has 0 atom stereocenters. The van der Waals surface area contributed by atoms with Crippen LogP contribution in [0.3, 0.4) is 0 Å². The molecule has 4 nitrogen and oxygen atoms in total. The second-order valence-electron chi connectivity index (χ2n) is 4.06. The van der Waals surface area contributed by atoms with Gasteiger partial charge in [-0.1, -0.05) is 18.2 Å². The minimum absolute atomic E-state index is 0.0892. The summed E-state index contributed by atoms with van der Waals surface area (Å²) in [7, 11) is 0. The summed E-state index contributed by atoms with van der Waals surface area (Å²) < 4.78 is 4.95. The third-order valence-corrected chi connectivity index (χ3v) is 2.87. The zero-order valence-corrected chi connectivity index (χ0v) is 9.64. The Morgan fingerprint density at radius 3 is 3.00 bits per heavy atom. The summed E-state index contributed by atoms with van der Waals surface area (Å²) in [4.78, 5) is 15.1. The smallest absolute Gasteiger partial charge is 0.253 e. The molecule has 2 heterocycles. The zero-order chi connectivity index (χ0) is 12.4. The number of para-hydroxylation sites is 1. The number of H-pyrrole nitrogens is 1. The van der Waals surface area contributed by atoms with Crippen molar-refractivity contribution in [1.82, 2.24) is 10.3 Å². The van der Waals surface area contributed by atoms with Gasteiger partial charge in [-0.25, -0.2) is 0 Å². The van der Waals surface area contributed by atoms with E-state index in [1.165, 1.54) is 0 Å². The van der Waals surface area contributed by atoms with Crippen molar-refractivity contribution in [2.24, 2.45) is 0 Å². The van der Waals surface area contributed by atoms with Gasteiger partial charge in [0.05, 0.1) is 18.1 Å². The number of aromatic nitrogens is 1. The molecule has 0 unspecified atom stereocenters. The fraction of sp³-hybridized carbons (Fsp3) is 0.0714. The molecule has 0 aliphatic heterocycles. The third kappa shape index (κ3) is 1.88. The molecule has 0 saturated heterocycles. The summed E-state index contributed by atoms with van der Waals surface area (Å²) in [5, 5.41) is 3.79. The maximum atomic E-state index is 12.1. The monoisotopic (exact) mass is 240 g/mol. The van der Waals surface area contributed by atoms with Crippen molar-refractivity contribution in [3.05, 3.63) is 60.2 Å². The van der Waals surface area contributed by atoms with E-state index in [2.05, 4.69) is 10.3 Å². The lowest BCUT2D eigenvalue weighted by Crippen LogP contribution is -2.22. The van der Waals surface area contributed by atoms with Crippen LogP contribution in [0.5, 0.6) is 0 Å². The highest BCUT2D eigenvalue weighted by atomic mass is 16.3. The Morgan fingerprint density at radius 1 is 1.28 bits per heavy atom. The van der Waals surface area contributed by atoms with Crippen molar-refractivity contribution in [3.8, 4) is 0 Å². The summed E-state index contributed by atoms with van der Waals surface area (Å²) >= 11 is 0. The number of carbonyl (C=O) groups is 1. The van der Waals surface area contributed by atoms with Crippen LogP contribution in [0.25, 0.3) is 10.9 Å². The van der Waals surface area contributed by atoms with Crippen molar-refractivity contribution < 1.29 is 9.21 Å². The predicted octanol–water partition coefficient (Wildman–Crippen LogP) is 2.69. The van der Waals surface area contributed by atoms with Crippen LogP contribution in [-0.4, -0.2) is 10.9 Å². The van der Waals surface area contributed by atoms with Crippen molar-refractivity contribution >= 4 is 16.8 Å². The van der Waals surface area contributed by atoms with Crippen molar-refractivity contribution in [2.45, 2.75) is 6.54 Å². The quantitative estimate of drug-likeness (QED) is 0.739. The van der Waals surface area contributed by atoms with Crippen LogP contribution < -0.4 is 5.32 Å². The number of carbonyl (C=O) groups excluding carboxylic acids is 1. The summed E-state index contributed by atoms with van der Waals surface area (Å²) in [5.74, 6) is -0.0892. The Hall–Kier alpha value is -2.49. The van der Waals surface area contributed by atoms with Gasteiger partial charge in [0.15, 0.2) is 0 Å². The van der Waals surface area contributed by atoms with Crippen LogP contribution >= 0.6 is 0 Å². The molecular formula is C14H12N2O2. The minimum Gasteiger partial charge on any atom is -0.472 e. The summed E-state index contributed by atoms with van der Waals surface area (Å²) in [5.41, 5.74) is 2.57. The number of hydrogen-bond donors (Lipinski definition) is 2. The van der Waals surface area contributed by atoms with Gasteiger partial charge in [-0.3, -0.25) is 4.79 Å². The number of amides is 1. The number of nitrogens with one attached hydrogen (secondary N) is 2. The van der Waals surface area contributed by atoms with Gasteiger partial charge < -0.3 is 14.7 Å². The zero-order valence-electron chi connectivity index (χ0n) is 9.64. The second kappa shape index (κ2) is 4.41. The highest BCUT2D eigenvalue weighted by molar-refractivity contribution is 6.06. The van der Waals surface area contributed by atoms with E-state index in [1.54, 1.807) is 18.7 Å². The molecule has 0 bridgehead atoms. The van der Waals surface area contributed by atoms with Gasteiger partial charge in [0.1, 0.15) is 0 Å². The molecule has 0 aliphatic rings. The normalized spacial score (nSPS) is 10.7. The molecule has 3 aromatic rings. The maximum absolute atomic E-state index is 12.1. The molecule has 2 N–H and O–H groups in total. The number of benzene rings is 1. The summed E-state index contributed by atoms with van der Waals surface area (Å²) in [6.45, 7) is 0.467. The number of hydrogen-bond acceptors (Lipinski definition) is 2. The SMILES string of the molecule is O=C(NCc1ccoc1)c1c[nH]c2ccccc12. The molecule has 90 valence electrons. The molecule has 0 spiro atoms. The number of fused-ring (bicyclic) bond motifs is 1. The van der Waals surface area contributed by atoms with E-state index in [1.807, 2.05) is 30.3 Å². The molecule has 1 amide bonds. The molecule has 2 aromatic heterocycles. The molecule has 0 aliphatic carbocycles. The lowest BCUT2D eigenvalue weighted by molar-refractivity contribution is 0.0952. The van der Waals surface area contributed by atoms with Gasteiger partial charge in [0.25, 0.3) is 5.91 Å². The van der Waals surface area contributed by atoms with Gasteiger partial charge in [0, 0.05) is 29.2 Å². The van der Waals surface area contributed by atoms with Crippen LogP contribution in [0.15, 0.2) is 53.5 Å². The molecule has 0 fully saturated rings. The van der Waals surface area contributed by atoms with E-state index in [0.717, 1.165) is 16.5 Å². The van der Waals surface area contributed by atoms with Crippen molar-refractivity contribution in [3.63, 3.8) is 0 Å². The number of aromatic amines is 1. The molecule has 4 heteroatoms. The number of furan rings is 1. The van der Waals surface area contributed by atoms with Crippen molar-refractivity contribution in [1.29, 1.82) is 0 Å². The average molecular weight is 240 g/mol. The molecule has 1 aromatic carbocycles. The molecule has 18 heavy (non-hydrogen) atoms. The van der Waals surface area contributed by atoms with Crippen LogP contribution in [0.2, 0.25) is 0 Å². The fourth-order valence-corrected chi connectivity index (χ4v) is 1.93. The van der Waals surface area contributed by atoms with Gasteiger partial charge in [-0.05, 0) is 12.1 Å². The maximum Gasteiger partial charge on any atom is 0.253 e. The Balaban J connectivity index is 1.80. The standard InChI is InChI=1S/C14H12N2O2/c17-14(16-7-10-5-6-18-9-10)12-8-15-13-4-2-1-3-11(12)13/h1-6,8-9,15H,7H2,(H,16,17). The highest BCUT2D eigenvalue weighted by Gasteiger charge is 2.11. The van der Waals surface area contributed by atoms with E-state index in [4.69, 9.17) is 4.42 Å². The lowest BCUT2D eigenvalue weighted by atomic mass is 10.1.